The van der Waals surface area contributed by atoms with E-state index in [1.54, 1.807) is 18.5 Å². The molecule has 140 valence electrons. The van der Waals surface area contributed by atoms with E-state index < -0.39 is 12.1 Å². The molecule has 1 atom stereocenters. The zero-order valence-electron chi connectivity index (χ0n) is 15.5. The number of hydrogen-bond acceptors (Lipinski definition) is 5. The average molecular weight is 365 g/mol. The summed E-state index contributed by atoms with van der Waals surface area (Å²) in [6.07, 6.45) is 2.99. The number of rotatable bonds is 8. The number of benzene rings is 2. The average Bonchev–Trinajstić information content (AvgIpc) is 2.70. The highest BCUT2D eigenvalue weighted by atomic mass is 16.5. The fourth-order valence-corrected chi connectivity index (χ4v) is 2.92. The highest BCUT2D eigenvalue weighted by Gasteiger charge is 2.19. The number of aromatic nitrogens is 2. The lowest BCUT2D eigenvalue weighted by atomic mass is 10.1. The number of unbranched alkanes of at least 4 members (excludes halogenated alkanes) is 1. The molecule has 1 aromatic heterocycles. The second kappa shape index (κ2) is 8.49. The first-order chi connectivity index (χ1) is 13.1. The lowest BCUT2D eigenvalue weighted by molar-refractivity contribution is -0.145. The van der Waals surface area contributed by atoms with Crippen LogP contribution in [-0.2, 0) is 4.79 Å². The predicted octanol–water partition coefficient (Wildman–Crippen LogP) is 4.42. The lowest BCUT2D eigenvalue weighted by Gasteiger charge is -2.20. The molecule has 0 spiro atoms. The Morgan fingerprint density at radius 3 is 2.59 bits per heavy atom. The van der Waals surface area contributed by atoms with Gasteiger partial charge in [-0.05, 0) is 49.2 Å². The van der Waals surface area contributed by atoms with Crippen molar-refractivity contribution >= 4 is 28.4 Å². The normalized spacial score (nSPS) is 11.9. The third kappa shape index (κ3) is 4.34. The molecular weight excluding hydrogens is 342 g/mol. The standard InChI is InChI=1S/C21H23N3O3/c1-3-4-9-19(21(25)26)27-16-12-10-15(11-13-16)24(2)20-17-7-5-6-8-18(17)22-14-23-20/h5-8,10-14,19H,3-4,9H2,1-2H3,(H,25,26). The summed E-state index contributed by atoms with van der Waals surface area (Å²) >= 11 is 0. The zero-order valence-corrected chi connectivity index (χ0v) is 15.5. The first-order valence-electron chi connectivity index (χ1n) is 9.03. The molecule has 0 radical (unpaired) electrons. The summed E-state index contributed by atoms with van der Waals surface area (Å²) in [4.78, 5) is 22.0. The van der Waals surface area contributed by atoms with Crippen LogP contribution < -0.4 is 9.64 Å². The van der Waals surface area contributed by atoms with Gasteiger partial charge in [-0.3, -0.25) is 0 Å². The van der Waals surface area contributed by atoms with Crippen LogP contribution in [0.2, 0.25) is 0 Å². The number of hydrogen-bond donors (Lipinski definition) is 1. The van der Waals surface area contributed by atoms with Gasteiger partial charge >= 0.3 is 5.97 Å². The number of aliphatic carboxylic acids is 1. The minimum atomic E-state index is -0.933. The van der Waals surface area contributed by atoms with Gasteiger partial charge in [0.05, 0.1) is 5.52 Å². The van der Waals surface area contributed by atoms with Crippen molar-refractivity contribution in [3.8, 4) is 5.75 Å². The van der Waals surface area contributed by atoms with E-state index in [9.17, 15) is 9.90 Å². The SMILES string of the molecule is CCCCC(Oc1ccc(N(C)c2ncnc3ccccc23)cc1)C(=O)O. The molecule has 0 saturated heterocycles. The molecule has 6 nitrogen and oxygen atoms in total. The fraction of sp³-hybridized carbons (Fsp3) is 0.286. The van der Waals surface area contributed by atoms with E-state index in [0.29, 0.717) is 12.2 Å². The van der Waals surface area contributed by atoms with E-state index in [-0.39, 0.29) is 0 Å². The Labute approximate surface area is 158 Å². The molecule has 0 aliphatic heterocycles. The maximum atomic E-state index is 11.3. The Morgan fingerprint density at radius 1 is 1.15 bits per heavy atom. The van der Waals surface area contributed by atoms with Crippen LogP contribution in [0.4, 0.5) is 11.5 Å². The summed E-state index contributed by atoms with van der Waals surface area (Å²) in [6.45, 7) is 2.03. The Hall–Kier alpha value is -3.15. The third-order valence-electron chi connectivity index (χ3n) is 4.44. The van der Waals surface area contributed by atoms with Gasteiger partial charge in [0.15, 0.2) is 6.10 Å². The molecule has 27 heavy (non-hydrogen) atoms. The number of ether oxygens (including phenoxy) is 1. The maximum Gasteiger partial charge on any atom is 0.344 e. The van der Waals surface area contributed by atoms with Crippen LogP contribution in [0.3, 0.4) is 0 Å². The highest BCUT2D eigenvalue weighted by Crippen LogP contribution is 2.29. The number of carboxylic acids is 1. The molecule has 1 unspecified atom stereocenters. The van der Waals surface area contributed by atoms with E-state index in [2.05, 4.69) is 9.97 Å². The van der Waals surface area contributed by atoms with Crippen molar-refractivity contribution in [3.63, 3.8) is 0 Å². The van der Waals surface area contributed by atoms with Crippen molar-refractivity contribution in [2.45, 2.75) is 32.3 Å². The Kier molecular flexibility index (Phi) is 5.86. The smallest absolute Gasteiger partial charge is 0.344 e. The number of carboxylic acid groups (broad SMARTS) is 1. The van der Waals surface area contributed by atoms with Gasteiger partial charge in [-0.15, -0.1) is 0 Å². The molecule has 0 aliphatic rings. The van der Waals surface area contributed by atoms with Crippen molar-refractivity contribution in [1.82, 2.24) is 9.97 Å². The second-order valence-electron chi connectivity index (χ2n) is 6.35. The van der Waals surface area contributed by atoms with Gasteiger partial charge in [0.1, 0.15) is 17.9 Å². The molecule has 0 bridgehead atoms. The number of para-hydroxylation sites is 1. The number of carbonyl (C=O) groups is 1. The third-order valence-corrected chi connectivity index (χ3v) is 4.44. The van der Waals surface area contributed by atoms with Crippen LogP contribution in [0.15, 0.2) is 54.9 Å². The van der Waals surface area contributed by atoms with Gasteiger partial charge < -0.3 is 14.7 Å². The first-order valence-corrected chi connectivity index (χ1v) is 9.03. The van der Waals surface area contributed by atoms with Crippen molar-refractivity contribution < 1.29 is 14.6 Å². The van der Waals surface area contributed by atoms with Gasteiger partial charge in [-0.1, -0.05) is 25.5 Å². The van der Waals surface area contributed by atoms with Crippen molar-refractivity contribution in [2.75, 3.05) is 11.9 Å². The van der Waals surface area contributed by atoms with Crippen LogP contribution in [0, 0.1) is 0 Å². The van der Waals surface area contributed by atoms with Crippen LogP contribution in [0.1, 0.15) is 26.2 Å². The molecular formula is C21H23N3O3. The molecule has 0 aliphatic carbocycles. The molecule has 0 saturated carbocycles. The van der Waals surface area contributed by atoms with E-state index in [1.807, 2.05) is 55.3 Å². The van der Waals surface area contributed by atoms with Crippen molar-refractivity contribution in [2.24, 2.45) is 0 Å². The Bertz CT molecular complexity index is 907. The van der Waals surface area contributed by atoms with Gasteiger partial charge in [0.25, 0.3) is 0 Å². The maximum absolute atomic E-state index is 11.3. The topological polar surface area (TPSA) is 75.5 Å². The van der Waals surface area contributed by atoms with Gasteiger partial charge in [0.2, 0.25) is 0 Å². The summed E-state index contributed by atoms with van der Waals surface area (Å²) in [5.41, 5.74) is 1.81. The number of fused-ring (bicyclic) bond motifs is 1. The summed E-state index contributed by atoms with van der Waals surface area (Å²) in [5, 5.41) is 10.3. The number of nitrogens with zero attached hydrogens (tertiary/aromatic N) is 3. The van der Waals surface area contributed by atoms with Crippen LogP contribution in [0.5, 0.6) is 5.75 Å². The molecule has 3 rings (SSSR count). The van der Waals surface area contributed by atoms with E-state index in [0.717, 1.165) is 35.2 Å². The van der Waals surface area contributed by atoms with Gasteiger partial charge in [-0.25, -0.2) is 14.8 Å². The van der Waals surface area contributed by atoms with Crippen LogP contribution in [0.25, 0.3) is 10.9 Å². The minimum Gasteiger partial charge on any atom is -0.479 e. The monoisotopic (exact) mass is 365 g/mol. The number of anilines is 2. The molecule has 2 aromatic carbocycles. The van der Waals surface area contributed by atoms with Gasteiger partial charge in [0, 0.05) is 18.1 Å². The quantitative estimate of drug-likeness (QED) is 0.637. The summed E-state index contributed by atoms with van der Waals surface area (Å²) in [7, 11) is 1.94. The minimum absolute atomic E-state index is 0.500. The highest BCUT2D eigenvalue weighted by molar-refractivity contribution is 5.91. The van der Waals surface area contributed by atoms with Crippen LogP contribution in [-0.4, -0.2) is 34.2 Å². The zero-order chi connectivity index (χ0) is 19.2. The van der Waals surface area contributed by atoms with E-state index in [1.165, 1.54) is 0 Å². The van der Waals surface area contributed by atoms with Crippen molar-refractivity contribution in [3.05, 3.63) is 54.9 Å². The summed E-state index contributed by atoms with van der Waals surface area (Å²) in [6, 6.07) is 15.2. The van der Waals surface area contributed by atoms with Crippen LogP contribution >= 0.6 is 0 Å². The van der Waals surface area contributed by atoms with E-state index >= 15 is 0 Å². The molecule has 0 amide bonds. The van der Waals surface area contributed by atoms with Gasteiger partial charge in [-0.2, -0.15) is 0 Å². The Balaban J connectivity index is 1.79. The second-order valence-corrected chi connectivity index (χ2v) is 6.35. The largest absolute Gasteiger partial charge is 0.479 e. The molecule has 1 heterocycles. The molecule has 0 fully saturated rings. The molecule has 1 N–H and O–H groups in total. The Morgan fingerprint density at radius 2 is 1.89 bits per heavy atom. The van der Waals surface area contributed by atoms with Crippen molar-refractivity contribution in [1.29, 1.82) is 0 Å². The molecule has 3 aromatic rings. The van der Waals surface area contributed by atoms with E-state index in [4.69, 9.17) is 4.74 Å². The summed E-state index contributed by atoms with van der Waals surface area (Å²) < 4.78 is 5.64. The lowest BCUT2D eigenvalue weighted by Crippen LogP contribution is -2.26. The fourth-order valence-electron chi connectivity index (χ4n) is 2.92. The first kappa shape index (κ1) is 18.6. The summed E-state index contributed by atoms with van der Waals surface area (Å²) in [5.74, 6) is 0.418. The molecule has 6 heteroatoms. The predicted molar refractivity (Wildman–Crippen MR) is 106 cm³/mol.